The summed E-state index contributed by atoms with van der Waals surface area (Å²) >= 11 is 5.63. The molecule has 0 unspecified atom stereocenters. The second-order valence-corrected chi connectivity index (χ2v) is 40.8. The quantitative estimate of drug-likeness (QED) is 0.137. The van der Waals surface area contributed by atoms with Gasteiger partial charge in [0.15, 0.2) is 0 Å². The molecule has 0 amide bonds. The Morgan fingerprint density at radius 3 is 0.909 bits per heavy atom. The Hall–Kier alpha value is -17.7. The summed E-state index contributed by atoms with van der Waals surface area (Å²) < 4.78 is 34.2. The van der Waals surface area contributed by atoms with E-state index >= 15 is 0 Å². The Morgan fingerprint density at radius 2 is 0.462 bits per heavy atom. The smallest absolute Gasteiger partial charge is 0.143 e. The van der Waals surface area contributed by atoms with Crippen LogP contribution in [0.25, 0.3) is 287 Å². The number of aromatic nitrogens is 3. The van der Waals surface area contributed by atoms with Crippen LogP contribution < -0.4 is 0 Å². The molecule has 0 spiro atoms. The fourth-order valence-electron chi connectivity index (χ4n) is 22.9. The number of benzene rings is 22. The predicted octanol–water partition coefficient (Wildman–Crippen LogP) is 39.4. The van der Waals surface area contributed by atoms with Crippen molar-refractivity contribution in [3.05, 3.63) is 478 Å². The van der Waals surface area contributed by atoms with Gasteiger partial charge >= 0.3 is 0 Å². The largest absolute Gasteiger partial charge is 0.456 e. The molecule has 31 aromatic rings. The Labute approximate surface area is 833 Å². The van der Waals surface area contributed by atoms with Crippen LogP contribution in [0.4, 0.5) is 0 Å². The van der Waals surface area contributed by atoms with E-state index in [1.54, 1.807) is 0 Å². The number of nitrogens with zero attached hydrogens (tertiary/aromatic N) is 3. The van der Waals surface area contributed by atoms with Gasteiger partial charge in [0.2, 0.25) is 0 Å². The first-order chi connectivity index (χ1) is 70.7. The van der Waals surface area contributed by atoms with Gasteiger partial charge in [-0.25, -0.2) is 0 Å². The van der Waals surface area contributed by atoms with Crippen molar-refractivity contribution < 1.29 is 13.3 Å². The average Bonchev–Trinajstić information content (AvgIpc) is 1.57. The highest BCUT2D eigenvalue weighted by Gasteiger charge is 2.27. The fourth-order valence-corrected chi connectivity index (χ4v) is 26.6. The minimum Gasteiger partial charge on any atom is -0.456 e. The Bertz CT molecular complexity index is 10400. The molecule has 6 nitrogen and oxygen atoms in total. The van der Waals surface area contributed by atoms with Crippen molar-refractivity contribution in [1.29, 1.82) is 0 Å². The molecule has 9 heteroatoms. The molecular formula is C134H83N3O3S3. The van der Waals surface area contributed by atoms with Crippen LogP contribution in [0.1, 0.15) is 11.1 Å². The van der Waals surface area contributed by atoms with E-state index in [-0.39, 0.29) is 0 Å². The molecule has 31 rings (SSSR count). The fraction of sp³-hybridized carbons (Fsp3) is 0.0149. The van der Waals surface area contributed by atoms with E-state index in [0.29, 0.717) is 0 Å². The molecule has 0 aliphatic heterocycles. The van der Waals surface area contributed by atoms with Crippen molar-refractivity contribution in [3.63, 3.8) is 0 Å². The van der Waals surface area contributed by atoms with E-state index in [4.69, 9.17) is 13.3 Å². The summed E-state index contributed by atoms with van der Waals surface area (Å²) in [5.74, 6) is 0. The van der Waals surface area contributed by atoms with Crippen LogP contribution >= 0.6 is 34.0 Å². The monoisotopic (exact) mass is 1880 g/mol. The zero-order valence-corrected chi connectivity index (χ0v) is 80.2. The van der Waals surface area contributed by atoms with Crippen molar-refractivity contribution in [2.45, 2.75) is 13.8 Å². The molecule has 143 heavy (non-hydrogen) atoms. The third-order valence-electron chi connectivity index (χ3n) is 29.3. The van der Waals surface area contributed by atoms with Crippen LogP contribution in [-0.4, -0.2) is 13.7 Å². The molecule has 0 aliphatic rings. The van der Waals surface area contributed by atoms with Gasteiger partial charge in [-0.15, -0.1) is 34.0 Å². The molecule has 0 bridgehead atoms. The normalized spacial score (nSPS) is 12.0. The van der Waals surface area contributed by atoms with Gasteiger partial charge in [0.25, 0.3) is 0 Å². The first-order valence-electron chi connectivity index (χ1n) is 48.7. The molecule has 670 valence electrons. The van der Waals surface area contributed by atoms with E-state index < -0.39 is 0 Å². The molecule has 0 radical (unpaired) electrons. The number of hydrogen-bond acceptors (Lipinski definition) is 6. The van der Waals surface area contributed by atoms with Crippen LogP contribution in [0.2, 0.25) is 0 Å². The number of furan rings is 3. The molecule has 0 aliphatic carbocycles. The highest BCUT2D eigenvalue weighted by molar-refractivity contribution is 7.27. The summed E-state index contributed by atoms with van der Waals surface area (Å²) in [6, 6.07) is 169. The molecule has 0 fully saturated rings. The molecule has 0 N–H and O–H groups in total. The van der Waals surface area contributed by atoms with E-state index in [1.165, 1.54) is 226 Å². The van der Waals surface area contributed by atoms with Gasteiger partial charge in [0, 0.05) is 117 Å². The zero-order chi connectivity index (χ0) is 94.2. The SMILES string of the molecule is Cc1ccc2c(c1)c1cc(C)ccc1n2-c1cccc2c1sc1cccc(-c3cccc4oc5ccccc5c34)c12.c1ccc(-c2ccc3c(c2)c2cc(-c4ccccc4)ccc2n3-c2cccc3c2sc2cccc(-c4ccc5c(c4)oc4ccccc45)c23)cc1.c1ccc(-c2ccc3c(c2)c2cc(-c4ccccc4)ccc2n3-c2cccc3c2sc2cccc(-c4cccc5c4oc4ccccc45)c23)cc1. The topological polar surface area (TPSA) is 54.2 Å². The van der Waals surface area contributed by atoms with Crippen LogP contribution in [0, 0.1) is 13.8 Å². The molecule has 0 saturated heterocycles. The van der Waals surface area contributed by atoms with E-state index in [9.17, 15) is 0 Å². The van der Waals surface area contributed by atoms with E-state index in [2.05, 4.69) is 470 Å². The Kier molecular flexibility index (Phi) is 19.0. The van der Waals surface area contributed by atoms with Crippen molar-refractivity contribution in [3.8, 4) is 95.0 Å². The molecule has 9 aromatic heterocycles. The van der Waals surface area contributed by atoms with Gasteiger partial charge in [-0.05, 0) is 232 Å². The number of fused-ring (bicyclic) bond motifs is 27. The van der Waals surface area contributed by atoms with Crippen LogP contribution in [0.15, 0.2) is 480 Å². The number of rotatable bonds is 10. The summed E-state index contributed by atoms with van der Waals surface area (Å²) in [7, 11) is 0. The predicted molar refractivity (Wildman–Crippen MR) is 610 cm³/mol. The highest BCUT2D eigenvalue weighted by Crippen LogP contribution is 2.53. The van der Waals surface area contributed by atoms with Gasteiger partial charge in [-0.3, -0.25) is 0 Å². The minimum atomic E-state index is 0.918. The van der Waals surface area contributed by atoms with Gasteiger partial charge in [-0.1, -0.05) is 333 Å². The zero-order valence-electron chi connectivity index (χ0n) is 77.7. The van der Waals surface area contributed by atoms with Crippen LogP contribution in [0.5, 0.6) is 0 Å². The van der Waals surface area contributed by atoms with Crippen molar-refractivity contribution >= 4 is 226 Å². The Balaban J connectivity index is 0.000000103. The first-order valence-corrected chi connectivity index (χ1v) is 51.2. The number of para-hydroxylation sites is 4. The van der Waals surface area contributed by atoms with Crippen molar-refractivity contribution in [2.24, 2.45) is 0 Å². The van der Waals surface area contributed by atoms with Crippen LogP contribution in [-0.2, 0) is 0 Å². The molecule has 0 atom stereocenters. The third-order valence-corrected chi connectivity index (χ3v) is 32.9. The van der Waals surface area contributed by atoms with Gasteiger partial charge in [-0.2, -0.15) is 0 Å². The lowest BCUT2D eigenvalue weighted by Crippen LogP contribution is -1.94. The van der Waals surface area contributed by atoms with Gasteiger partial charge < -0.3 is 27.0 Å². The molecule has 22 aromatic carbocycles. The van der Waals surface area contributed by atoms with Crippen molar-refractivity contribution in [2.75, 3.05) is 0 Å². The lowest BCUT2D eigenvalue weighted by molar-refractivity contribution is 0.668. The summed E-state index contributed by atoms with van der Waals surface area (Å²) in [5.41, 5.74) is 36.0. The highest BCUT2D eigenvalue weighted by atomic mass is 32.1. The Morgan fingerprint density at radius 1 is 0.168 bits per heavy atom. The second-order valence-electron chi connectivity index (χ2n) is 37.6. The molecule has 0 saturated carbocycles. The van der Waals surface area contributed by atoms with Crippen molar-refractivity contribution in [1.82, 2.24) is 13.7 Å². The van der Waals surface area contributed by atoms with Crippen LogP contribution in [0.3, 0.4) is 0 Å². The third kappa shape index (κ3) is 13.3. The summed E-state index contributed by atoms with van der Waals surface area (Å²) in [6.45, 7) is 4.35. The van der Waals surface area contributed by atoms with E-state index in [0.717, 1.165) is 71.6 Å². The van der Waals surface area contributed by atoms with E-state index in [1.807, 2.05) is 58.3 Å². The minimum absolute atomic E-state index is 0.918. The maximum absolute atomic E-state index is 6.54. The van der Waals surface area contributed by atoms with Gasteiger partial charge in [0.05, 0.1) is 64.3 Å². The lowest BCUT2D eigenvalue weighted by atomic mass is 9.95. The summed E-state index contributed by atoms with van der Waals surface area (Å²) in [4.78, 5) is 0. The summed E-state index contributed by atoms with van der Waals surface area (Å²) in [6.07, 6.45) is 0. The maximum atomic E-state index is 6.54. The summed E-state index contributed by atoms with van der Waals surface area (Å²) in [5, 5.41) is 22.2. The maximum Gasteiger partial charge on any atom is 0.143 e. The number of aryl methyl sites for hydroxylation is 2. The first kappa shape index (κ1) is 82.4. The lowest BCUT2D eigenvalue weighted by Gasteiger charge is -2.11. The van der Waals surface area contributed by atoms with Gasteiger partial charge in [0.1, 0.15) is 33.5 Å². The number of thiophene rings is 3. The second kappa shape index (κ2) is 33.0. The standard InChI is InChI=1S/2C48H29NOS.C38H25NOS/c1-3-12-30(13-4-1)32-24-26-41-39(28-32)40-29-33(31-14-5-2-6-15-31)25-27-42(40)49(41)43-21-10-20-38-46-35(17-11-23-45(46)51-48(38)43)37-19-9-18-36-34-16-7-8-22-44(34)50-47(36)37;1-3-11-30(12-4-1)32-22-25-41-39(27-32)40-28-33(31-13-5-2-6-14-31)23-26-42(40)49(41)43-18-9-17-38-47-35(16-10-20-46(47)51-48(38)43)34-21-24-37-36-15-7-8-19-44(36)50-45(37)29-34;1-22-16-18-30-28(20-22)29-21-23(2)17-19-31(29)39(30)32-12-5-11-27-37-25(10-7-15-35(37)41-38(27)32)24-9-6-14-34-36(24)26-8-3-4-13-33(26)40-34/h2*1-29H;3-21H,1-2H3. The number of hydrogen-bond donors (Lipinski definition) is 0. The molecular weight excluding hydrogens is 1800 g/mol. The average molecular weight is 1880 g/mol. The molecule has 9 heterocycles.